The van der Waals surface area contributed by atoms with Gasteiger partial charge in [-0.3, -0.25) is 0 Å². The first-order valence-corrected chi connectivity index (χ1v) is 7.89. The fourth-order valence-corrected chi connectivity index (χ4v) is 2.20. The Labute approximate surface area is 138 Å². The molecule has 0 unspecified atom stereocenters. The van der Waals surface area contributed by atoms with Crippen LogP contribution >= 0.6 is 0 Å². The molecule has 0 aliphatic carbocycles. The van der Waals surface area contributed by atoms with E-state index in [1.54, 1.807) is 6.08 Å². The lowest BCUT2D eigenvalue weighted by Gasteiger charge is -2.17. The number of rotatable bonds is 8. The third-order valence-electron chi connectivity index (χ3n) is 3.70. The predicted octanol–water partition coefficient (Wildman–Crippen LogP) is 4.61. The summed E-state index contributed by atoms with van der Waals surface area (Å²) in [5.74, 6) is 0. The Kier molecular flexibility index (Phi) is 6.79. The van der Waals surface area contributed by atoms with Crippen LogP contribution in [-0.4, -0.2) is 17.3 Å². The lowest BCUT2D eigenvalue weighted by molar-refractivity contribution is 0.0706. The van der Waals surface area contributed by atoms with Gasteiger partial charge in [-0.15, -0.1) is 0 Å². The fraction of sp³-hybridized carbons (Fsp3) is 0.238. The Balaban J connectivity index is 1.77. The van der Waals surface area contributed by atoms with Gasteiger partial charge in [0.1, 0.15) is 0 Å². The predicted molar refractivity (Wildman–Crippen MR) is 95.9 cm³/mol. The Morgan fingerprint density at radius 3 is 2.35 bits per heavy atom. The summed E-state index contributed by atoms with van der Waals surface area (Å²) in [6.07, 6.45) is 3.58. The number of benzene rings is 2. The molecule has 0 bridgehead atoms. The highest BCUT2D eigenvalue weighted by Gasteiger charge is 2.11. The van der Waals surface area contributed by atoms with E-state index in [0.29, 0.717) is 13.0 Å². The van der Waals surface area contributed by atoms with Gasteiger partial charge >= 0.3 is 0 Å². The van der Waals surface area contributed by atoms with Crippen molar-refractivity contribution in [3.05, 3.63) is 90.0 Å². The van der Waals surface area contributed by atoms with E-state index in [-0.39, 0.29) is 6.10 Å². The maximum absolute atomic E-state index is 10.1. The minimum absolute atomic E-state index is 0.0880. The normalized spacial score (nSPS) is 13.8. The second kappa shape index (κ2) is 9.09. The molecule has 0 spiro atoms. The Morgan fingerprint density at radius 1 is 1.09 bits per heavy atom. The van der Waals surface area contributed by atoms with Crippen LogP contribution in [0.5, 0.6) is 0 Å². The van der Waals surface area contributed by atoms with Gasteiger partial charge in [-0.25, -0.2) is 0 Å². The third-order valence-corrected chi connectivity index (χ3v) is 3.70. The van der Waals surface area contributed by atoms with Gasteiger partial charge in [-0.05, 0) is 23.6 Å². The number of hydrogen-bond acceptors (Lipinski definition) is 2. The first kappa shape index (κ1) is 17.2. The molecule has 0 saturated carbocycles. The zero-order valence-corrected chi connectivity index (χ0v) is 13.6. The van der Waals surface area contributed by atoms with Gasteiger partial charge < -0.3 is 9.84 Å². The van der Waals surface area contributed by atoms with Gasteiger partial charge in [0.05, 0.1) is 18.8 Å². The minimum Gasteiger partial charge on any atom is -0.389 e. The van der Waals surface area contributed by atoms with Crippen molar-refractivity contribution in [1.29, 1.82) is 0 Å². The van der Waals surface area contributed by atoms with Crippen LogP contribution in [-0.2, 0) is 11.3 Å². The van der Waals surface area contributed by atoms with E-state index in [9.17, 15) is 5.11 Å². The van der Waals surface area contributed by atoms with Gasteiger partial charge in [-0.2, -0.15) is 0 Å². The van der Waals surface area contributed by atoms with Crippen molar-refractivity contribution in [3.63, 3.8) is 0 Å². The second-order valence-corrected chi connectivity index (χ2v) is 5.64. The topological polar surface area (TPSA) is 29.5 Å². The van der Waals surface area contributed by atoms with Crippen LogP contribution in [0.2, 0.25) is 0 Å². The molecule has 2 rings (SSSR count). The maximum atomic E-state index is 10.1. The highest BCUT2D eigenvalue weighted by molar-refractivity contribution is 5.49. The number of aliphatic hydroxyl groups excluding tert-OH is 1. The zero-order chi connectivity index (χ0) is 16.5. The van der Waals surface area contributed by atoms with Gasteiger partial charge in [0.15, 0.2) is 0 Å². The van der Waals surface area contributed by atoms with Gasteiger partial charge in [0.2, 0.25) is 0 Å². The second-order valence-electron chi connectivity index (χ2n) is 5.64. The summed E-state index contributed by atoms with van der Waals surface area (Å²) in [6, 6.07) is 20.0. The summed E-state index contributed by atoms with van der Waals surface area (Å²) in [4.78, 5) is 0. The van der Waals surface area contributed by atoms with Crippen LogP contribution < -0.4 is 0 Å². The molecule has 23 heavy (non-hydrogen) atoms. The summed E-state index contributed by atoms with van der Waals surface area (Å²) < 4.78 is 5.82. The molecule has 0 heterocycles. The molecule has 0 radical (unpaired) electrons. The Morgan fingerprint density at radius 2 is 1.70 bits per heavy atom. The summed E-state index contributed by atoms with van der Waals surface area (Å²) in [6.45, 7) is 6.57. The highest BCUT2D eigenvalue weighted by atomic mass is 16.5. The van der Waals surface area contributed by atoms with Crippen LogP contribution in [0.4, 0.5) is 0 Å². The molecule has 120 valence electrons. The monoisotopic (exact) mass is 308 g/mol. The smallest absolute Gasteiger partial charge is 0.0762 e. The van der Waals surface area contributed by atoms with Crippen molar-refractivity contribution in [2.24, 2.45) is 0 Å². The molecule has 0 saturated heterocycles. The van der Waals surface area contributed by atoms with Crippen molar-refractivity contribution >= 4 is 6.08 Å². The molecular weight excluding hydrogens is 284 g/mol. The first-order valence-electron chi connectivity index (χ1n) is 7.89. The van der Waals surface area contributed by atoms with Crippen molar-refractivity contribution in [3.8, 4) is 0 Å². The average Bonchev–Trinajstić information content (AvgIpc) is 2.59. The SMILES string of the molecule is C=C(C[C@@H](O)/C=C/c1ccccc1)[C@H](C)OCc1ccccc1. The van der Waals surface area contributed by atoms with Crippen molar-refractivity contribution < 1.29 is 9.84 Å². The molecular formula is C21H24O2. The van der Waals surface area contributed by atoms with Crippen LogP contribution in [0.1, 0.15) is 24.5 Å². The quantitative estimate of drug-likeness (QED) is 0.721. The molecule has 2 nitrogen and oxygen atoms in total. The number of ether oxygens (including phenoxy) is 1. The summed E-state index contributed by atoms with van der Waals surface area (Å²) in [7, 11) is 0. The third kappa shape index (κ3) is 6.23. The summed E-state index contributed by atoms with van der Waals surface area (Å²) in [5, 5.41) is 10.1. The average molecular weight is 308 g/mol. The highest BCUT2D eigenvalue weighted by Crippen LogP contribution is 2.15. The Hall–Kier alpha value is -2.16. The van der Waals surface area contributed by atoms with E-state index in [1.807, 2.05) is 73.7 Å². The van der Waals surface area contributed by atoms with E-state index in [2.05, 4.69) is 6.58 Å². The van der Waals surface area contributed by atoms with Crippen molar-refractivity contribution in [1.82, 2.24) is 0 Å². The van der Waals surface area contributed by atoms with E-state index in [0.717, 1.165) is 16.7 Å². The molecule has 0 aliphatic heterocycles. The van der Waals surface area contributed by atoms with E-state index in [1.165, 1.54) is 0 Å². The van der Waals surface area contributed by atoms with Crippen LogP contribution in [0, 0.1) is 0 Å². The van der Waals surface area contributed by atoms with Gasteiger partial charge in [-0.1, -0.05) is 79.4 Å². The largest absolute Gasteiger partial charge is 0.389 e. The number of hydrogen-bond donors (Lipinski definition) is 1. The number of aliphatic hydroxyl groups is 1. The maximum Gasteiger partial charge on any atom is 0.0762 e. The lowest BCUT2D eigenvalue weighted by Crippen LogP contribution is -2.15. The summed E-state index contributed by atoms with van der Waals surface area (Å²) in [5.41, 5.74) is 3.10. The lowest BCUT2D eigenvalue weighted by atomic mass is 10.0. The van der Waals surface area contributed by atoms with Gasteiger partial charge in [0.25, 0.3) is 0 Å². The molecule has 1 N–H and O–H groups in total. The summed E-state index contributed by atoms with van der Waals surface area (Å²) >= 11 is 0. The molecule has 2 aromatic carbocycles. The molecule has 0 aliphatic rings. The molecule has 2 atom stereocenters. The van der Waals surface area contributed by atoms with Crippen molar-refractivity contribution in [2.75, 3.05) is 0 Å². The Bertz CT molecular complexity index is 617. The van der Waals surface area contributed by atoms with Crippen molar-refractivity contribution in [2.45, 2.75) is 32.2 Å². The van der Waals surface area contributed by atoms with E-state index < -0.39 is 6.10 Å². The van der Waals surface area contributed by atoms with Crippen LogP contribution in [0.3, 0.4) is 0 Å². The molecule has 0 aromatic heterocycles. The van der Waals surface area contributed by atoms with Crippen LogP contribution in [0.15, 0.2) is 78.9 Å². The molecule has 0 fully saturated rings. The van der Waals surface area contributed by atoms with E-state index in [4.69, 9.17) is 4.74 Å². The minimum atomic E-state index is -0.550. The molecule has 2 heteroatoms. The standard InChI is InChI=1S/C21H24O2/c1-17(18(2)23-16-20-11-7-4-8-12-20)15-21(22)14-13-19-9-5-3-6-10-19/h3-14,18,21-22H,1,15-16H2,2H3/b14-13+/t18-,21-/m0/s1. The first-order chi connectivity index (χ1) is 11.1. The molecule has 2 aromatic rings. The molecule has 0 amide bonds. The zero-order valence-electron chi connectivity index (χ0n) is 13.6. The van der Waals surface area contributed by atoms with E-state index >= 15 is 0 Å². The fourth-order valence-electron chi connectivity index (χ4n) is 2.20. The van der Waals surface area contributed by atoms with Crippen LogP contribution in [0.25, 0.3) is 6.08 Å². The van der Waals surface area contributed by atoms with Gasteiger partial charge in [0, 0.05) is 6.42 Å².